The average Bonchev–Trinajstić information content (AvgIpc) is 3.15. The highest BCUT2D eigenvalue weighted by atomic mass is 19.4. The van der Waals surface area contributed by atoms with Crippen LogP contribution in [0.15, 0.2) is 40.8 Å². The minimum Gasteiger partial charge on any atom is -0.459 e. The Labute approximate surface area is 161 Å². The highest BCUT2D eigenvalue weighted by Crippen LogP contribution is 2.31. The van der Waals surface area contributed by atoms with Gasteiger partial charge in [-0.3, -0.25) is 4.79 Å². The molecule has 152 valence electrons. The molecule has 1 saturated heterocycles. The standard InChI is InChI=1S/C20H23F3N2O3/c1-2-25(19(26)11-16-13-27-10-9-24-16)12-17-7-8-18(28-17)14-3-5-15(6-4-14)20(21,22)23/h3-8,16,24H,2,9-13H2,1H3. The van der Waals surface area contributed by atoms with Crippen LogP contribution in [-0.4, -0.2) is 43.2 Å². The molecule has 1 aliphatic heterocycles. The van der Waals surface area contributed by atoms with Crippen molar-refractivity contribution in [1.82, 2.24) is 10.2 Å². The first kappa shape index (κ1) is 20.4. The molecule has 1 unspecified atom stereocenters. The van der Waals surface area contributed by atoms with Gasteiger partial charge < -0.3 is 19.4 Å². The fraction of sp³-hybridized carbons (Fsp3) is 0.450. The van der Waals surface area contributed by atoms with Crippen molar-refractivity contribution in [2.24, 2.45) is 0 Å². The number of nitrogens with zero attached hydrogens (tertiary/aromatic N) is 1. The van der Waals surface area contributed by atoms with E-state index in [1.165, 1.54) is 12.1 Å². The van der Waals surface area contributed by atoms with Gasteiger partial charge in [0.15, 0.2) is 0 Å². The molecule has 3 rings (SSSR count). The summed E-state index contributed by atoms with van der Waals surface area (Å²) in [6.07, 6.45) is -4.02. The van der Waals surface area contributed by atoms with Gasteiger partial charge in [-0.2, -0.15) is 13.2 Å². The Morgan fingerprint density at radius 3 is 2.57 bits per heavy atom. The number of nitrogens with one attached hydrogen (secondary N) is 1. The lowest BCUT2D eigenvalue weighted by atomic mass is 10.1. The molecule has 2 heterocycles. The lowest BCUT2D eigenvalue weighted by Crippen LogP contribution is -2.45. The van der Waals surface area contributed by atoms with Gasteiger partial charge in [-0.1, -0.05) is 12.1 Å². The molecule has 1 atom stereocenters. The number of hydrogen-bond acceptors (Lipinski definition) is 4. The highest BCUT2D eigenvalue weighted by Gasteiger charge is 2.30. The van der Waals surface area contributed by atoms with E-state index in [9.17, 15) is 18.0 Å². The Hall–Kier alpha value is -2.32. The maximum absolute atomic E-state index is 12.7. The zero-order valence-electron chi connectivity index (χ0n) is 15.6. The normalized spacial score (nSPS) is 17.5. The van der Waals surface area contributed by atoms with Crippen LogP contribution >= 0.6 is 0 Å². The van der Waals surface area contributed by atoms with Gasteiger partial charge in [0.1, 0.15) is 11.5 Å². The number of benzene rings is 1. The quantitative estimate of drug-likeness (QED) is 0.809. The zero-order chi connectivity index (χ0) is 20.1. The van der Waals surface area contributed by atoms with Crippen molar-refractivity contribution in [3.63, 3.8) is 0 Å². The van der Waals surface area contributed by atoms with E-state index < -0.39 is 11.7 Å². The first-order valence-corrected chi connectivity index (χ1v) is 9.22. The summed E-state index contributed by atoms with van der Waals surface area (Å²) in [5.41, 5.74) is -0.150. The Morgan fingerprint density at radius 2 is 1.96 bits per heavy atom. The van der Waals surface area contributed by atoms with E-state index in [1.807, 2.05) is 6.92 Å². The number of carbonyl (C=O) groups is 1. The lowest BCUT2D eigenvalue weighted by Gasteiger charge is -2.26. The van der Waals surface area contributed by atoms with Gasteiger partial charge in [0.2, 0.25) is 5.91 Å². The van der Waals surface area contributed by atoms with Gasteiger partial charge in [-0.25, -0.2) is 0 Å². The van der Waals surface area contributed by atoms with Crippen LogP contribution in [0.4, 0.5) is 13.2 Å². The predicted molar refractivity (Wildman–Crippen MR) is 97.5 cm³/mol. The number of hydrogen-bond donors (Lipinski definition) is 1. The lowest BCUT2D eigenvalue weighted by molar-refractivity contribution is -0.137. The largest absolute Gasteiger partial charge is 0.459 e. The summed E-state index contributed by atoms with van der Waals surface area (Å²) in [5, 5.41) is 3.26. The second kappa shape index (κ2) is 8.79. The van der Waals surface area contributed by atoms with Gasteiger partial charge >= 0.3 is 6.18 Å². The van der Waals surface area contributed by atoms with E-state index in [2.05, 4.69) is 5.32 Å². The summed E-state index contributed by atoms with van der Waals surface area (Å²) >= 11 is 0. The van der Waals surface area contributed by atoms with Crippen LogP contribution in [0.5, 0.6) is 0 Å². The summed E-state index contributed by atoms with van der Waals surface area (Å²) < 4.78 is 49.2. The van der Waals surface area contributed by atoms with Crippen LogP contribution in [0.25, 0.3) is 11.3 Å². The monoisotopic (exact) mass is 396 g/mol. The van der Waals surface area contributed by atoms with Crippen LogP contribution in [0, 0.1) is 0 Å². The molecule has 1 fully saturated rings. The summed E-state index contributed by atoms with van der Waals surface area (Å²) in [6, 6.07) is 8.26. The van der Waals surface area contributed by atoms with E-state index in [1.54, 1.807) is 17.0 Å². The topological polar surface area (TPSA) is 54.7 Å². The molecule has 8 heteroatoms. The zero-order valence-corrected chi connectivity index (χ0v) is 15.6. The molecule has 0 saturated carbocycles. The number of carbonyl (C=O) groups excluding carboxylic acids is 1. The number of halogens is 3. The van der Waals surface area contributed by atoms with Gasteiger partial charge in [-0.05, 0) is 31.2 Å². The second-order valence-corrected chi connectivity index (χ2v) is 6.68. The predicted octanol–water partition coefficient (Wildman–Crippen LogP) is 3.69. The van der Waals surface area contributed by atoms with Crippen LogP contribution < -0.4 is 5.32 Å². The molecule has 5 nitrogen and oxygen atoms in total. The third-order valence-corrected chi connectivity index (χ3v) is 4.66. The van der Waals surface area contributed by atoms with Gasteiger partial charge in [0.05, 0.1) is 25.3 Å². The molecule has 1 aromatic heterocycles. The molecule has 0 aliphatic carbocycles. The number of rotatable bonds is 6. The molecule has 28 heavy (non-hydrogen) atoms. The van der Waals surface area contributed by atoms with Gasteiger partial charge in [0, 0.05) is 31.1 Å². The van der Waals surface area contributed by atoms with Crippen molar-refractivity contribution < 1.29 is 27.1 Å². The summed E-state index contributed by atoms with van der Waals surface area (Å²) in [7, 11) is 0. The van der Waals surface area contributed by atoms with Crippen molar-refractivity contribution in [2.75, 3.05) is 26.3 Å². The SMILES string of the molecule is CCN(Cc1ccc(-c2ccc(C(F)(F)F)cc2)o1)C(=O)CC1COCCN1. The summed E-state index contributed by atoms with van der Waals surface area (Å²) in [6.45, 7) is 4.64. The number of furan rings is 1. The van der Waals surface area contributed by atoms with Crippen molar-refractivity contribution in [3.8, 4) is 11.3 Å². The van der Waals surface area contributed by atoms with E-state index in [0.29, 0.717) is 49.8 Å². The van der Waals surface area contributed by atoms with E-state index in [4.69, 9.17) is 9.15 Å². The fourth-order valence-corrected chi connectivity index (χ4v) is 3.10. The first-order chi connectivity index (χ1) is 13.4. The first-order valence-electron chi connectivity index (χ1n) is 9.22. The van der Waals surface area contributed by atoms with Gasteiger partial charge in [-0.15, -0.1) is 0 Å². The Morgan fingerprint density at radius 1 is 1.21 bits per heavy atom. The minimum absolute atomic E-state index is 0.00187. The highest BCUT2D eigenvalue weighted by molar-refractivity contribution is 5.76. The molecule has 1 aromatic carbocycles. The van der Waals surface area contributed by atoms with E-state index in [0.717, 1.165) is 18.7 Å². The summed E-state index contributed by atoms with van der Waals surface area (Å²) in [5.74, 6) is 1.05. The third kappa shape index (κ3) is 5.14. The van der Waals surface area contributed by atoms with E-state index in [-0.39, 0.29) is 11.9 Å². The molecular weight excluding hydrogens is 373 g/mol. The molecule has 1 N–H and O–H groups in total. The molecule has 0 spiro atoms. The average molecular weight is 396 g/mol. The smallest absolute Gasteiger partial charge is 0.416 e. The van der Waals surface area contributed by atoms with Crippen LogP contribution in [0.1, 0.15) is 24.7 Å². The molecule has 2 aromatic rings. The maximum Gasteiger partial charge on any atom is 0.416 e. The maximum atomic E-state index is 12.7. The number of alkyl halides is 3. The molecule has 1 aliphatic rings. The van der Waals surface area contributed by atoms with Crippen LogP contribution in [0.2, 0.25) is 0 Å². The van der Waals surface area contributed by atoms with Crippen molar-refractivity contribution in [3.05, 3.63) is 47.7 Å². The van der Waals surface area contributed by atoms with E-state index >= 15 is 0 Å². The third-order valence-electron chi connectivity index (χ3n) is 4.66. The Bertz CT molecular complexity index is 781. The molecular formula is C20H23F3N2O3. The Kier molecular flexibility index (Phi) is 6.41. The van der Waals surface area contributed by atoms with Crippen molar-refractivity contribution in [2.45, 2.75) is 32.1 Å². The van der Waals surface area contributed by atoms with Crippen molar-refractivity contribution in [1.29, 1.82) is 0 Å². The van der Waals surface area contributed by atoms with Crippen LogP contribution in [-0.2, 0) is 22.3 Å². The number of ether oxygens (including phenoxy) is 1. The van der Waals surface area contributed by atoms with Crippen LogP contribution in [0.3, 0.4) is 0 Å². The van der Waals surface area contributed by atoms with Gasteiger partial charge in [0.25, 0.3) is 0 Å². The number of morpholine rings is 1. The Balaban J connectivity index is 1.63. The minimum atomic E-state index is -4.37. The van der Waals surface area contributed by atoms with Crippen molar-refractivity contribution >= 4 is 5.91 Å². The molecule has 1 amide bonds. The fourth-order valence-electron chi connectivity index (χ4n) is 3.10. The second-order valence-electron chi connectivity index (χ2n) is 6.68. The number of amides is 1. The summed E-state index contributed by atoms with van der Waals surface area (Å²) in [4.78, 5) is 14.2. The molecule has 0 bridgehead atoms. The molecule has 0 radical (unpaired) electrons.